The molecule has 0 amide bonds. The largest absolute Gasteiger partial charge is 0.369 e. The second-order valence-corrected chi connectivity index (χ2v) is 6.29. The lowest BCUT2D eigenvalue weighted by Crippen LogP contribution is -2.23. The van der Waals surface area contributed by atoms with Crippen LogP contribution in [0.5, 0.6) is 0 Å². The number of rotatable bonds is 2. The Morgan fingerprint density at radius 1 is 1.33 bits per heavy atom. The zero-order valence-corrected chi connectivity index (χ0v) is 12.0. The number of benzene rings is 1. The lowest BCUT2D eigenvalue weighted by molar-refractivity contribution is 0.236. The summed E-state index contributed by atoms with van der Waals surface area (Å²) in [6.45, 7) is 12.0. The normalized spacial score (nSPS) is 14.1. The van der Waals surface area contributed by atoms with Gasteiger partial charge in [-0.1, -0.05) is 39.8 Å². The summed E-state index contributed by atoms with van der Waals surface area (Å²) in [5, 5.41) is 0. The lowest BCUT2D eigenvalue weighted by Gasteiger charge is -2.28. The fourth-order valence-electron chi connectivity index (χ4n) is 2.04. The lowest BCUT2D eigenvalue weighted by atomic mass is 9.82. The van der Waals surface area contributed by atoms with E-state index in [0.717, 1.165) is 17.6 Å². The van der Waals surface area contributed by atoms with E-state index in [2.05, 4.69) is 62.4 Å². The summed E-state index contributed by atoms with van der Waals surface area (Å²) < 4.78 is 2.14. The minimum absolute atomic E-state index is 0.271. The van der Waals surface area contributed by atoms with E-state index in [4.69, 9.17) is 5.73 Å². The molecular formula is C15H23N3. The molecule has 3 heteroatoms. The molecule has 0 aliphatic carbocycles. The Labute approximate surface area is 109 Å². The van der Waals surface area contributed by atoms with Crippen molar-refractivity contribution in [3.8, 4) is 0 Å². The van der Waals surface area contributed by atoms with Crippen LogP contribution in [0.15, 0.2) is 18.2 Å². The number of fused-ring (bicyclic) bond motifs is 1. The van der Waals surface area contributed by atoms with Crippen LogP contribution in [-0.2, 0) is 6.54 Å². The summed E-state index contributed by atoms with van der Waals surface area (Å²) in [7, 11) is 0. The molecule has 0 aliphatic rings. The first-order chi connectivity index (χ1) is 8.30. The summed E-state index contributed by atoms with van der Waals surface area (Å²) in [6.07, 6.45) is 0. The van der Waals surface area contributed by atoms with Crippen molar-refractivity contribution < 1.29 is 0 Å². The second-order valence-electron chi connectivity index (χ2n) is 6.29. The number of hydrogen-bond donors (Lipinski definition) is 1. The van der Waals surface area contributed by atoms with Crippen molar-refractivity contribution in [2.45, 2.75) is 41.2 Å². The highest BCUT2D eigenvalue weighted by Crippen LogP contribution is 2.29. The third-order valence-corrected chi connectivity index (χ3v) is 3.94. The predicted molar refractivity (Wildman–Crippen MR) is 77.5 cm³/mol. The molecule has 3 nitrogen and oxygen atoms in total. The average molecular weight is 245 g/mol. The Morgan fingerprint density at radius 2 is 2.00 bits per heavy atom. The van der Waals surface area contributed by atoms with Gasteiger partial charge in [-0.15, -0.1) is 0 Å². The van der Waals surface area contributed by atoms with E-state index in [1.165, 1.54) is 5.56 Å². The summed E-state index contributed by atoms with van der Waals surface area (Å²) in [6, 6.07) is 6.24. The fraction of sp³-hybridized carbons (Fsp3) is 0.533. The molecule has 0 radical (unpaired) electrons. The van der Waals surface area contributed by atoms with E-state index in [1.807, 2.05) is 0 Å². The van der Waals surface area contributed by atoms with Crippen LogP contribution in [0.4, 0.5) is 5.95 Å². The molecule has 98 valence electrons. The Bertz CT molecular complexity index is 561. The maximum atomic E-state index is 6.07. The van der Waals surface area contributed by atoms with Crippen molar-refractivity contribution in [3.63, 3.8) is 0 Å². The smallest absolute Gasteiger partial charge is 0.201 e. The quantitative estimate of drug-likeness (QED) is 0.878. The molecule has 0 aliphatic heterocycles. The molecule has 0 fully saturated rings. The van der Waals surface area contributed by atoms with Crippen LogP contribution in [0.25, 0.3) is 11.0 Å². The molecule has 2 rings (SSSR count). The van der Waals surface area contributed by atoms with E-state index >= 15 is 0 Å². The molecule has 2 N–H and O–H groups in total. The molecule has 1 unspecified atom stereocenters. The second kappa shape index (κ2) is 4.30. The third kappa shape index (κ3) is 2.22. The molecule has 1 atom stereocenters. The highest BCUT2D eigenvalue weighted by atomic mass is 15.2. The van der Waals surface area contributed by atoms with Crippen molar-refractivity contribution in [1.82, 2.24) is 9.55 Å². The molecule has 18 heavy (non-hydrogen) atoms. The summed E-state index contributed by atoms with van der Waals surface area (Å²) in [5.41, 5.74) is 9.68. The summed E-state index contributed by atoms with van der Waals surface area (Å²) >= 11 is 0. The van der Waals surface area contributed by atoms with Crippen LogP contribution in [0, 0.1) is 18.3 Å². The number of imidazole rings is 1. The molecule has 1 aromatic carbocycles. The molecule has 0 saturated heterocycles. The zero-order chi connectivity index (χ0) is 13.5. The number of nitrogens with two attached hydrogens (primary N) is 1. The number of nitrogens with zero attached hydrogens (tertiary/aromatic N) is 2. The number of anilines is 1. The first kappa shape index (κ1) is 12.9. The topological polar surface area (TPSA) is 43.8 Å². The predicted octanol–water partition coefficient (Wildman–Crippen LogP) is 3.61. The van der Waals surface area contributed by atoms with Gasteiger partial charge in [0.1, 0.15) is 0 Å². The molecule has 1 heterocycles. The SMILES string of the molecule is Cc1cccc2c1nc(N)n2CC(C)C(C)(C)C. The zero-order valence-electron chi connectivity index (χ0n) is 12.0. The van der Waals surface area contributed by atoms with Crippen molar-refractivity contribution >= 4 is 17.0 Å². The molecule has 2 aromatic rings. The van der Waals surface area contributed by atoms with E-state index in [0.29, 0.717) is 11.9 Å². The minimum atomic E-state index is 0.271. The van der Waals surface area contributed by atoms with E-state index in [-0.39, 0.29) is 5.41 Å². The van der Waals surface area contributed by atoms with E-state index in [9.17, 15) is 0 Å². The summed E-state index contributed by atoms with van der Waals surface area (Å²) in [5.74, 6) is 1.16. The van der Waals surface area contributed by atoms with Crippen LogP contribution >= 0.6 is 0 Å². The van der Waals surface area contributed by atoms with Crippen LogP contribution in [0.1, 0.15) is 33.3 Å². The van der Waals surface area contributed by atoms with Crippen molar-refractivity contribution in [2.75, 3.05) is 5.73 Å². The third-order valence-electron chi connectivity index (χ3n) is 3.94. The first-order valence-corrected chi connectivity index (χ1v) is 6.52. The van der Waals surface area contributed by atoms with Gasteiger partial charge in [0.05, 0.1) is 11.0 Å². The van der Waals surface area contributed by atoms with Gasteiger partial charge in [-0.05, 0) is 29.9 Å². The van der Waals surface area contributed by atoms with Gasteiger partial charge in [-0.2, -0.15) is 0 Å². The van der Waals surface area contributed by atoms with Crippen molar-refractivity contribution in [1.29, 1.82) is 0 Å². The number of aromatic nitrogens is 2. The van der Waals surface area contributed by atoms with Gasteiger partial charge in [-0.3, -0.25) is 0 Å². The molecule has 0 saturated carbocycles. The highest BCUT2D eigenvalue weighted by Gasteiger charge is 2.22. The highest BCUT2D eigenvalue weighted by molar-refractivity contribution is 5.81. The van der Waals surface area contributed by atoms with Gasteiger partial charge in [0.25, 0.3) is 0 Å². The van der Waals surface area contributed by atoms with E-state index in [1.54, 1.807) is 0 Å². The Balaban J connectivity index is 2.46. The number of aryl methyl sites for hydroxylation is 1. The van der Waals surface area contributed by atoms with Crippen molar-refractivity contribution in [2.24, 2.45) is 11.3 Å². The maximum Gasteiger partial charge on any atom is 0.201 e. The van der Waals surface area contributed by atoms with Crippen LogP contribution < -0.4 is 5.73 Å². The minimum Gasteiger partial charge on any atom is -0.369 e. The van der Waals surface area contributed by atoms with Gasteiger partial charge < -0.3 is 10.3 Å². The number of nitrogen functional groups attached to an aromatic ring is 1. The van der Waals surface area contributed by atoms with Gasteiger partial charge >= 0.3 is 0 Å². The average Bonchev–Trinajstić information content (AvgIpc) is 2.57. The standard InChI is InChI=1S/C15H23N3/c1-10-7-6-8-12-13(10)17-14(16)18(12)9-11(2)15(3,4)5/h6-8,11H,9H2,1-5H3,(H2,16,17). The molecule has 1 aromatic heterocycles. The summed E-state index contributed by atoms with van der Waals surface area (Å²) in [4.78, 5) is 4.49. The monoisotopic (exact) mass is 245 g/mol. The number of para-hydroxylation sites is 1. The molecule has 0 bridgehead atoms. The van der Waals surface area contributed by atoms with Gasteiger partial charge in [0.2, 0.25) is 5.95 Å². The molecular weight excluding hydrogens is 222 g/mol. The Kier molecular flexibility index (Phi) is 3.09. The Hall–Kier alpha value is -1.51. The Morgan fingerprint density at radius 3 is 2.61 bits per heavy atom. The fourth-order valence-corrected chi connectivity index (χ4v) is 2.04. The first-order valence-electron chi connectivity index (χ1n) is 6.52. The van der Waals surface area contributed by atoms with Gasteiger partial charge in [-0.25, -0.2) is 4.98 Å². The van der Waals surface area contributed by atoms with Crippen molar-refractivity contribution in [3.05, 3.63) is 23.8 Å². The number of hydrogen-bond acceptors (Lipinski definition) is 2. The van der Waals surface area contributed by atoms with Crippen LogP contribution in [0.2, 0.25) is 0 Å². The van der Waals surface area contributed by atoms with Gasteiger partial charge in [0, 0.05) is 6.54 Å². The maximum absolute atomic E-state index is 6.07. The van der Waals surface area contributed by atoms with E-state index < -0.39 is 0 Å². The van der Waals surface area contributed by atoms with Crippen LogP contribution in [0.3, 0.4) is 0 Å². The van der Waals surface area contributed by atoms with Crippen LogP contribution in [-0.4, -0.2) is 9.55 Å². The molecule has 0 spiro atoms. The van der Waals surface area contributed by atoms with Gasteiger partial charge in [0.15, 0.2) is 0 Å².